The van der Waals surface area contributed by atoms with Gasteiger partial charge in [0.15, 0.2) is 11.9 Å². The molecule has 3 aromatic rings. The Morgan fingerprint density at radius 3 is 2.50 bits per heavy atom. The lowest BCUT2D eigenvalue weighted by Crippen LogP contribution is -2.28. The number of pyridine rings is 1. The summed E-state index contributed by atoms with van der Waals surface area (Å²) in [5, 5.41) is 18.3. The molecule has 1 aliphatic rings. The minimum atomic E-state index is -5.08. The molecule has 1 aromatic carbocycles. The Bertz CT molecular complexity index is 1320. The molecular formula is C21H19F4N7O6. The Balaban J connectivity index is 0.000000505. The van der Waals surface area contributed by atoms with Crippen LogP contribution in [0.2, 0.25) is 0 Å². The molecular weight excluding hydrogens is 522 g/mol. The molecule has 13 nitrogen and oxygen atoms in total. The SMILES string of the molecule is Cn1nnnc1-c1ccc(-c2ccc(N3C[C@H](COC(=O)CN)OC3=O)cc2F)cn1.O=C(O)C(F)(F)F. The number of alkyl halides is 3. The zero-order chi connectivity index (χ0) is 28.0. The zero-order valence-corrected chi connectivity index (χ0v) is 19.4. The van der Waals surface area contributed by atoms with E-state index in [9.17, 15) is 27.2 Å². The number of carbonyl (C=O) groups excluding carboxylic acids is 2. The predicted octanol–water partition coefficient (Wildman–Crippen LogP) is 1.54. The summed E-state index contributed by atoms with van der Waals surface area (Å²) in [5.74, 6) is -3.40. The normalized spacial score (nSPS) is 14.9. The molecule has 1 amide bonds. The van der Waals surface area contributed by atoms with Gasteiger partial charge in [0, 0.05) is 24.4 Å². The summed E-state index contributed by atoms with van der Waals surface area (Å²) >= 11 is 0. The number of carboxylic acid groups (broad SMARTS) is 1. The largest absolute Gasteiger partial charge is 0.490 e. The second-order valence-corrected chi connectivity index (χ2v) is 7.53. The smallest absolute Gasteiger partial charge is 0.475 e. The highest BCUT2D eigenvalue weighted by Gasteiger charge is 2.38. The summed E-state index contributed by atoms with van der Waals surface area (Å²) in [6.45, 7) is -0.252. The number of amides is 1. The fourth-order valence-corrected chi connectivity index (χ4v) is 3.10. The van der Waals surface area contributed by atoms with Gasteiger partial charge in [-0.15, -0.1) is 5.10 Å². The van der Waals surface area contributed by atoms with Gasteiger partial charge in [0.2, 0.25) is 0 Å². The Morgan fingerprint density at radius 1 is 1.26 bits per heavy atom. The number of ether oxygens (including phenoxy) is 2. The summed E-state index contributed by atoms with van der Waals surface area (Å²) in [7, 11) is 1.69. The van der Waals surface area contributed by atoms with Crippen LogP contribution in [0, 0.1) is 5.82 Å². The first-order valence-electron chi connectivity index (χ1n) is 10.5. The molecule has 17 heteroatoms. The molecule has 2 aromatic heterocycles. The van der Waals surface area contributed by atoms with Crippen LogP contribution in [-0.4, -0.2) is 80.3 Å². The molecule has 0 spiro atoms. The second-order valence-electron chi connectivity index (χ2n) is 7.53. The van der Waals surface area contributed by atoms with Gasteiger partial charge in [-0.25, -0.2) is 18.7 Å². The number of cyclic esters (lactones) is 1. The van der Waals surface area contributed by atoms with E-state index in [1.165, 1.54) is 21.8 Å². The maximum Gasteiger partial charge on any atom is 0.490 e. The van der Waals surface area contributed by atoms with E-state index >= 15 is 0 Å². The first-order valence-corrected chi connectivity index (χ1v) is 10.5. The number of halogens is 4. The van der Waals surface area contributed by atoms with E-state index in [-0.39, 0.29) is 19.7 Å². The van der Waals surface area contributed by atoms with E-state index in [1.807, 2.05) is 0 Å². The second kappa shape index (κ2) is 11.6. The van der Waals surface area contributed by atoms with E-state index in [0.717, 1.165) is 0 Å². The molecule has 3 N–H and O–H groups in total. The van der Waals surface area contributed by atoms with Crippen molar-refractivity contribution in [1.82, 2.24) is 25.2 Å². The Morgan fingerprint density at radius 2 is 1.97 bits per heavy atom. The standard InChI is InChI=1S/C19H18FN7O4.C2HF3O2/c1-26-18(23-24-25-26)16-5-2-11(8-22-16)14-4-3-12(6-15(14)20)27-9-13(31-19(27)29)10-30-17(28)7-21;3-2(4,5)1(6)7/h2-6,8,13H,7,9-10,21H2,1H3;(H,6,7)/t13-;/m1./s1. The van der Waals surface area contributed by atoms with Gasteiger partial charge >= 0.3 is 24.2 Å². The van der Waals surface area contributed by atoms with Gasteiger partial charge < -0.3 is 20.3 Å². The number of benzene rings is 1. The summed E-state index contributed by atoms with van der Waals surface area (Å²) in [4.78, 5) is 37.8. The Hall–Kier alpha value is -4.67. The molecule has 38 heavy (non-hydrogen) atoms. The molecule has 1 saturated heterocycles. The highest BCUT2D eigenvalue weighted by atomic mass is 19.4. The van der Waals surface area contributed by atoms with Crippen molar-refractivity contribution in [2.45, 2.75) is 12.3 Å². The maximum absolute atomic E-state index is 14.8. The fraction of sp³-hybridized carbons (Fsp3) is 0.286. The number of esters is 1. The molecule has 1 fully saturated rings. The van der Waals surface area contributed by atoms with Gasteiger partial charge in [-0.3, -0.25) is 14.7 Å². The van der Waals surface area contributed by atoms with Crippen molar-refractivity contribution in [3.05, 3.63) is 42.3 Å². The number of aliphatic carboxylic acids is 1. The van der Waals surface area contributed by atoms with Crippen LogP contribution in [0.15, 0.2) is 36.5 Å². The van der Waals surface area contributed by atoms with E-state index in [0.29, 0.717) is 28.3 Å². The molecule has 0 bridgehead atoms. The van der Waals surface area contributed by atoms with Crippen LogP contribution in [0.4, 0.5) is 28.0 Å². The number of nitrogens with two attached hydrogens (primary N) is 1. The van der Waals surface area contributed by atoms with Crippen LogP contribution in [0.5, 0.6) is 0 Å². The number of hydrogen-bond donors (Lipinski definition) is 2. The monoisotopic (exact) mass is 541 g/mol. The van der Waals surface area contributed by atoms with Gasteiger partial charge in [-0.2, -0.15) is 13.2 Å². The van der Waals surface area contributed by atoms with Crippen LogP contribution in [-0.2, 0) is 26.1 Å². The van der Waals surface area contributed by atoms with E-state index in [1.54, 1.807) is 31.3 Å². The molecule has 1 aliphatic heterocycles. The average molecular weight is 541 g/mol. The lowest BCUT2D eigenvalue weighted by molar-refractivity contribution is -0.192. The lowest BCUT2D eigenvalue weighted by atomic mass is 10.1. The van der Waals surface area contributed by atoms with E-state index in [4.69, 9.17) is 25.1 Å². The Labute approximate surface area is 210 Å². The number of aryl methyl sites for hydroxylation is 1. The molecule has 3 heterocycles. The molecule has 1 atom stereocenters. The van der Waals surface area contributed by atoms with E-state index in [2.05, 4.69) is 20.5 Å². The van der Waals surface area contributed by atoms with Crippen LogP contribution in [0.25, 0.3) is 22.6 Å². The number of nitrogens with zero attached hydrogens (tertiary/aromatic N) is 6. The predicted molar refractivity (Wildman–Crippen MR) is 119 cm³/mol. The third-order valence-corrected chi connectivity index (χ3v) is 4.90. The number of tetrazole rings is 1. The van der Waals surface area contributed by atoms with Crippen LogP contribution in [0.1, 0.15) is 0 Å². The average Bonchev–Trinajstić information content (AvgIpc) is 3.47. The van der Waals surface area contributed by atoms with Crippen molar-refractivity contribution in [2.75, 3.05) is 24.6 Å². The van der Waals surface area contributed by atoms with Crippen molar-refractivity contribution < 1.29 is 46.5 Å². The van der Waals surface area contributed by atoms with Gasteiger partial charge in [0.05, 0.1) is 18.8 Å². The first kappa shape index (κ1) is 27.9. The highest BCUT2D eigenvalue weighted by Crippen LogP contribution is 2.29. The summed E-state index contributed by atoms with van der Waals surface area (Å²) < 4.78 is 58.1. The van der Waals surface area contributed by atoms with Crippen LogP contribution < -0.4 is 10.6 Å². The fourth-order valence-electron chi connectivity index (χ4n) is 3.10. The minimum absolute atomic E-state index is 0.113. The van der Waals surface area contributed by atoms with Crippen molar-refractivity contribution >= 4 is 23.7 Å². The van der Waals surface area contributed by atoms with Crippen molar-refractivity contribution in [3.63, 3.8) is 0 Å². The number of rotatable bonds is 6. The maximum atomic E-state index is 14.8. The highest BCUT2D eigenvalue weighted by molar-refractivity contribution is 5.90. The quantitative estimate of drug-likeness (QED) is 0.342. The summed E-state index contributed by atoms with van der Waals surface area (Å²) in [5.41, 5.74) is 6.92. The number of carboxylic acids is 1. The van der Waals surface area contributed by atoms with Crippen molar-refractivity contribution in [1.29, 1.82) is 0 Å². The molecule has 0 unspecified atom stereocenters. The first-order chi connectivity index (χ1) is 17.9. The number of carbonyl (C=O) groups is 3. The molecule has 4 rings (SSSR count). The summed E-state index contributed by atoms with van der Waals surface area (Å²) in [6.07, 6.45) is -4.87. The number of hydrogen-bond acceptors (Lipinski definition) is 10. The van der Waals surface area contributed by atoms with Crippen molar-refractivity contribution in [2.24, 2.45) is 12.8 Å². The van der Waals surface area contributed by atoms with Gasteiger partial charge in [0.1, 0.15) is 18.1 Å². The topological polar surface area (TPSA) is 176 Å². The van der Waals surface area contributed by atoms with E-state index < -0.39 is 36.1 Å². The van der Waals surface area contributed by atoms with Gasteiger partial charge in [-0.1, -0.05) is 6.07 Å². The molecule has 202 valence electrons. The molecule has 0 saturated carbocycles. The third kappa shape index (κ3) is 6.75. The molecule has 0 radical (unpaired) electrons. The summed E-state index contributed by atoms with van der Waals surface area (Å²) in [6, 6.07) is 7.81. The number of anilines is 1. The van der Waals surface area contributed by atoms with Crippen molar-refractivity contribution in [3.8, 4) is 22.6 Å². The molecule has 0 aliphatic carbocycles. The van der Waals surface area contributed by atoms with Gasteiger partial charge in [0.25, 0.3) is 0 Å². The minimum Gasteiger partial charge on any atom is -0.475 e. The Kier molecular flexibility index (Phi) is 8.51. The third-order valence-electron chi connectivity index (χ3n) is 4.90. The van der Waals surface area contributed by atoms with Crippen LogP contribution >= 0.6 is 0 Å². The number of aromatic nitrogens is 5. The lowest BCUT2D eigenvalue weighted by Gasteiger charge is -2.14. The van der Waals surface area contributed by atoms with Gasteiger partial charge in [-0.05, 0) is 34.7 Å². The zero-order valence-electron chi connectivity index (χ0n) is 19.4. The van der Waals surface area contributed by atoms with Crippen LogP contribution in [0.3, 0.4) is 0 Å².